The van der Waals surface area contributed by atoms with Crippen LogP contribution in [0.5, 0.6) is 0 Å². The fraction of sp³-hybridized carbons (Fsp3) is 0.667. The molecule has 3 unspecified atom stereocenters. The van der Waals surface area contributed by atoms with E-state index in [4.69, 9.17) is 0 Å². The van der Waals surface area contributed by atoms with E-state index in [1.807, 2.05) is 0 Å². The molecule has 2 nitrogen and oxygen atoms in total. The van der Waals surface area contributed by atoms with E-state index in [0.717, 1.165) is 5.92 Å². The maximum absolute atomic E-state index is 3.62. The summed E-state index contributed by atoms with van der Waals surface area (Å²) in [7, 11) is 0. The van der Waals surface area contributed by atoms with Crippen molar-refractivity contribution in [1.29, 1.82) is 0 Å². The first-order valence-corrected chi connectivity index (χ1v) is 8.29. The quantitative estimate of drug-likeness (QED) is 0.889. The number of fused-ring (bicyclic) bond motifs is 1. The Morgan fingerprint density at radius 3 is 2.95 bits per heavy atom. The van der Waals surface area contributed by atoms with Crippen LogP contribution in [-0.2, 0) is 6.42 Å². The standard InChI is InChI=1S/C18H28N2/c1-14-12-20(15(2)10-11-19-14)13-17-8-5-7-16-6-3-4-9-18(16)17/h3-4,6,9,14-15,17,19H,5,7-8,10-13H2,1-2H3. The van der Waals surface area contributed by atoms with Gasteiger partial charge in [0, 0.05) is 25.2 Å². The second kappa shape index (κ2) is 6.28. The van der Waals surface area contributed by atoms with Crippen LogP contribution in [0.3, 0.4) is 0 Å². The van der Waals surface area contributed by atoms with Gasteiger partial charge in [0.25, 0.3) is 0 Å². The van der Waals surface area contributed by atoms with Crippen LogP contribution >= 0.6 is 0 Å². The molecule has 0 bridgehead atoms. The van der Waals surface area contributed by atoms with E-state index < -0.39 is 0 Å². The Balaban J connectivity index is 1.74. The van der Waals surface area contributed by atoms with Gasteiger partial charge in [-0.05, 0) is 63.1 Å². The van der Waals surface area contributed by atoms with Crippen molar-refractivity contribution < 1.29 is 0 Å². The number of hydrogen-bond donors (Lipinski definition) is 1. The third kappa shape index (κ3) is 3.07. The van der Waals surface area contributed by atoms with Crippen LogP contribution in [0.15, 0.2) is 24.3 Å². The minimum atomic E-state index is 0.624. The highest BCUT2D eigenvalue weighted by molar-refractivity contribution is 5.32. The van der Waals surface area contributed by atoms with E-state index in [1.165, 1.54) is 45.3 Å². The lowest BCUT2D eigenvalue weighted by Crippen LogP contribution is -2.41. The van der Waals surface area contributed by atoms with E-state index in [1.54, 1.807) is 11.1 Å². The summed E-state index contributed by atoms with van der Waals surface area (Å²) in [5.41, 5.74) is 3.22. The van der Waals surface area contributed by atoms with Gasteiger partial charge in [0.15, 0.2) is 0 Å². The van der Waals surface area contributed by atoms with Gasteiger partial charge in [0.05, 0.1) is 0 Å². The van der Waals surface area contributed by atoms with Crippen LogP contribution < -0.4 is 5.32 Å². The molecule has 1 aliphatic heterocycles. The Bertz CT molecular complexity index is 443. The van der Waals surface area contributed by atoms with Crippen molar-refractivity contribution in [2.24, 2.45) is 0 Å². The molecule has 1 heterocycles. The third-order valence-corrected chi connectivity index (χ3v) is 5.14. The van der Waals surface area contributed by atoms with Crippen molar-refractivity contribution in [3.05, 3.63) is 35.4 Å². The van der Waals surface area contributed by atoms with E-state index in [2.05, 4.69) is 48.3 Å². The molecule has 110 valence electrons. The highest BCUT2D eigenvalue weighted by Crippen LogP contribution is 2.32. The molecule has 3 atom stereocenters. The fourth-order valence-electron chi connectivity index (χ4n) is 3.90. The van der Waals surface area contributed by atoms with Crippen molar-refractivity contribution in [2.75, 3.05) is 19.6 Å². The summed E-state index contributed by atoms with van der Waals surface area (Å²) in [6, 6.07) is 10.4. The predicted molar refractivity (Wildman–Crippen MR) is 85.2 cm³/mol. The molecule has 1 fully saturated rings. The average molecular weight is 272 g/mol. The monoisotopic (exact) mass is 272 g/mol. The van der Waals surface area contributed by atoms with Gasteiger partial charge >= 0.3 is 0 Å². The maximum atomic E-state index is 3.62. The van der Waals surface area contributed by atoms with E-state index in [-0.39, 0.29) is 0 Å². The number of rotatable bonds is 2. The largest absolute Gasteiger partial charge is 0.313 e. The number of nitrogens with zero attached hydrogens (tertiary/aromatic N) is 1. The van der Waals surface area contributed by atoms with Crippen LogP contribution in [0.1, 0.15) is 50.2 Å². The smallest absolute Gasteiger partial charge is 0.0166 e. The van der Waals surface area contributed by atoms with Gasteiger partial charge in [0.2, 0.25) is 0 Å². The molecule has 1 saturated heterocycles. The molecule has 0 amide bonds. The molecule has 0 saturated carbocycles. The topological polar surface area (TPSA) is 15.3 Å². The zero-order chi connectivity index (χ0) is 13.9. The molecule has 1 N–H and O–H groups in total. The average Bonchev–Trinajstić information content (AvgIpc) is 2.61. The molecule has 0 radical (unpaired) electrons. The Kier molecular flexibility index (Phi) is 4.42. The summed E-state index contributed by atoms with van der Waals surface area (Å²) in [6.45, 7) is 8.32. The van der Waals surface area contributed by atoms with Crippen molar-refractivity contribution in [3.63, 3.8) is 0 Å². The second-order valence-electron chi connectivity index (χ2n) is 6.73. The summed E-state index contributed by atoms with van der Waals surface area (Å²) in [6.07, 6.45) is 5.28. The van der Waals surface area contributed by atoms with Gasteiger partial charge < -0.3 is 5.32 Å². The van der Waals surface area contributed by atoms with E-state index in [9.17, 15) is 0 Å². The summed E-state index contributed by atoms with van der Waals surface area (Å²) in [5.74, 6) is 0.743. The summed E-state index contributed by atoms with van der Waals surface area (Å²) in [5, 5.41) is 3.62. The fourth-order valence-corrected chi connectivity index (χ4v) is 3.90. The van der Waals surface area contributed by atoms with Gasteiger partial charge in [-0.3, -0.25) is 4.90 Å². The van der Waals surface area contributed by atoms with E-state index in [0.29, 0.717) is 12.1 Å². The second-order valence-corrected chi connectivity index (χ2v) is 6.73. The van der Waals surface area contributed by atoms with Crippen LogP contribution in [0.2, 0.25) is 0 Å². The molecule has 1 aromatic rings. The number of hydrogen-bond acceptors (Lipinski definition) is 2. The van der Waals surface area contributed by atoms with E-state index >= 15 is 0 Å². The highest BCUT2D eigenvalue weighted by atomic mass is 15.2. The SMILES string of the molecule is CC1CN(CC2CCCc3ccccc32)C(C)CCN1. The van der Waals surface area contributed by atoms with Crippen LogP contribution in [0.4, 0.5) is 0 Å². The molecular formula is C18H28N2. The summed E-state index contributed by atoms with van der Waals surface area (Å²) >= 11 is 0. The van der Waals surface area contributed by atoms with Crippen LogP contribution in [-0.4, -0.2) is 36.6 Å². The minimum Gasteiger partial charge on any atom is -0.313 e. The van der Waals surface area contributed by atoms with Gasteiger partial charge in [-0.2, -0.15) is 0 Å². The number of aryl methyl sites for hydroxylation is 1. The van der Waals surface area contributed by atoms with Crippen molar-refractivity contribution in [2.45, 2.75) is 57.5 Å². The third-order valence-electron chi connectivity index (χ3n) is 5.14. The number of benzene rings is 1. The normalized spacial score (nSPS) is 31.6. The van der Waals surface area contributed by atoms with Crippen molar-refractivity contribution in [1.82, 2.24) is 10.2 Å². The maximum Gasteiger partial charge on any atom is 0.0166 e. The molecule has 1 aliphatic carbocycles. The zero-order valence-corrected chi connectivity index (χ0v) is 12.9. The Hall–Kier alpha value is -0.860. The predicted octanol–water partition coefficient (Wildman–Crippen LogP) is 3.18. The lowest BCUT2D eigenvalue weighted by atomic mass is 9.82. The molecular weight excluding hydrogens is 244 g/mol. The Morgan fingerprint density at radius 1 is 1.20 bits per heavy atom. The minimum absolute atomic E-state index is 0.624. The van der Waals surface area contributed by atoms with Crippen molar-refractivity contribution >= 4 is 0 Å². The Labute approximate surface area is 123 Å². The van der Waals surface area contributed by atoms with Gasteiger partial charge in [0.1, 0.15) is 0 Å². The molecule has 1 aromatic carbocycles. The lowest BCUT2D eigenvalue weighted by Gasteiger charge is -2.34. The first kappa shape index (κ1) is 14.1. The molecule has 2 heteroatoms. The molecule has 0 aromatic heterocycles. The molecule has 0 spiro atoms. The van der Waals surface area contributed by atoms with Crippen LogP contribution in [0, 0.1) is 0 Å². The lowest BCUT2D eigenvalue weighted by molar-refractivity contribution is 0.189. The highest BCUT2D eigenvalue weighted by Gasteiger charge is 2.26. The van der Waals surface area contributed by atoms with Gasteiger partial charge in [-0.25, -0.2) is 0 Å². The first-order valence-electron chi connectivity index (χ1n) is 8.29. The summed E-state index contributed by atoms with van der Waals surface area (Å²) in [4.78, 5) is 2.72. The summed E-state index contributed by atoms with van der Waals surface area (Å²) < 4.78 is 0. The first-order chi connectivity index (χ1) is 9.74. The Morgan fingerprint density at radius 2 is 2.05 bits per heavy atom. The van der Waals surface area contributed by atoms with Gasteiger partial charge in [-0.1, -0.05) is 24.3 Å². The van der Waals surface area contributed by atoms with Crippen molar-refractivity contribution in [3.8, 4) is 0 Å². The molecule has 20 heavy (non-hydrogen) atoms. The molecule has 2 aliphatic rings. The number of nitrogens with one attached hydrogen (secondary N) is 1. The zero-order valence-electron chi connectivity index (χ0n) is 12.9. The van der Waals surface area contributed by atoms with Gasteiger partial charge in [-0.15, -0.1) is 0 Å². The van der Waals surface area contributed by atoms with Crippen LogP contribution in [0.25, 0.3) is 0 Å². The molecule has 3 rings (SSSR count).